The molecule has 1 heterocycles. The second kappa shape index (κ2) is 3.78. The molecule has 4 heteroatoms. The Morgan fingerprint density at radius 3 is 3.00 bits per heavy atom. The van der Waals surface area contributed by atoms with Crippen LogP contribution in [0.25, 0.3) is 11.0 Å². The van der Waals surface area contributed by atoms with Crippen LogP contribution in [0.1, 0.15) is 5.56 Å². The highest BCUT2D eigenvalue weighted by Gasteiger charge is 1.99. The number of para-hydroxylation sites is 1. The molecule has 2 nitrogen and oxygen atoms in total. The Morgan fingerprint density at radius 2 is 2.25 bits per heavy atom. The van der Waals surface area contributed by atoms with E-state index in [9.17, 15) is 0 Å². The fraction of sp³-hybridized carbons (Fsp3) is 0.125. The summed E-state index contributed by atoms with van der Waals surface area (Å²) in [5, 5.41) is 0. The molecule has 1 N–H and O–H groups in total. The van der Waals surface area contributed by atoms with Crippen LogP contribution in [0.4, 0.5) is 0 Å². The third kappa shape index (κ3) is 1.40. The van der Waals surface area contributed by atoms with Crippen molar-refractivity contribution in [3.8, 4) is 0 Å². The molecule has 0 atom stereocenters. The SMILES string of the molecule is Cl.ClCc1cccc2[nH]cnc12. The number of nitrogens with zero attached hydrogens (tertiary/aromatic N) is 1. The van der Waals surface area contributed by atoms with Gasteiger partial charge in [-0.15, -0.1) is 24.0 Å². The van der Waals surface area contributed by atoms with Crippen molar-refractivity contribution >= 4 is 35.0 Å². The maximum atomic E-state index is 5.71. The van der Waals surface area contributed by atoms with E-state index < -0.39 is 0 Å². The van der Waals surface area contributed by atoms with Crippen LogP contribution < -0.4 is 0 Å². The zero-order chi connectivity index (χ0) is 7.68. The molecule has 0 unspecified atom stereocenters. The number of H-pyrrole nitrogens is 1. The fourth-order valence-electron chi connectivity index (χ4n) is 1.13. The Bertz CT molecular complexity index is 370. The van der Waals surface area contributed by atoms with Gasteiger partial charge in [-0.25, -0.2) is 4.98 Å². The summed E-state index contributed by atoms with van der Waals surface area (Å²) in [6, 6.07) is 5.94. The number of halogens is 2. The lowest BCUT2D eigenvalue weighted by atomic mass is 10.2. The third-order valence-electron chi connectivity index (χ3n) is 1.68. The molecule has 12 heavy (non-hydrogen) atoms. The second-order valence-electron chi connectivity index (χ2n) is 2.35. The average Bonchev–Trinajstić information content (AvgIpc) is 2.50. The molecular weight excluding hydrogens is 195 g/mol. The molecule has 0 saturated heterocycles. The number of rotatable bonds is 1. The molecule has 0 radical (unpaired) electrons. The maximum absolute atomic E-state index is 5.71. The minimum Gasteiger partial charge on any atom is -0.345 e. The number of hydrogen-bond donors (Lipinski definition) is 1. The Labute approximate surface area is 81.4 Å². The topological polar surface area (TPSA) is 28.7 Å². The lowest BCUT2D eigenvalue weighted by molar-refractivity contribution is 1.33. The van der Waals surface area contributed by atoms with Crippen molar-refractivity contribution in [1.82, 2.24) is 9.97 Å². The van der Waals surface area contributed by atoms with Gasteiger partial charge in [0.2, 0.25) is 0 Å². The first-order chi connectivity index (χ1) is 5.42. The monoisotopic (exact) mass is 202 g/mol. The van der Waals surface area contributed by atoms with Gasteiger partial charge in [0.25, 0.3) is 0 Å². The van der Waals surface area contributed by atoms with Gasteiger partial charge >= 0.3 is 0 Å². The first-order valence-corrected chi connectivity index (χ1v) is 3.92. The number of alkyl halides is 1. The Balaban J connectivity index is 0.000000720. The summed E-state index contributed by atoms with van der Waals surface area (Å²) in [6.07, 6.45) is 1.68. The predicted octanol–water partition coefficient (Wildman–Crippen LogP) is 2.72. The lowest BCUT2D eigenvalue weighted by Gasteiger charge is -1.94. The van der Waals surface area contributed by atoms with Gasteiger partial charge in [-0.05, 0) is 11.6 Å². The van der Waals surface area contributed by atoms with E-state index in [2.05, 4.69) is 9.97 Å². The van der Waals surface area contributed by atoms with E-state index in [1.807, 2.05) is 18.2 Å². The Kier molecular flexibility index (Phi) is 2.95. The third-order valence-corrected chi connectivity index (χ3v) is 1.97. The number of benzene rings is 1. The number of aromatic nitrogens is 2. The van der Waals surface area contributed by atoms with E-state index >= 15 is 0 Å². The molecule has 0 saturated carbocycles. The van der Waals surface area contributed by atoms with Crippen molar-refractivity contribution in [2.75, 3.05) is 0 Å². The molecular formula is C8H8Cl2N2. The van der Waals surface area contributed by atoms with E-state index in [0.717, 1.165) is 16.6 Å². The van der Waals surface area contributed by atoms with Crippen LogP contribution in [0.15, 0.2) is 24.5 Å². The molecule has 0 spiro atoms. The number of imidazole rings is 1. The molecule has 0 fully saturated rings. The van der Waals surface area contributed by atoms with Gasteiger partial charge in [-0.3, -0.25) is 0 Å². The molecule has 1 aromatic heterocycles. The summed E-state index contributed by atoms with van der Waals surface area (Å²) >= 11 is 5.71. The summed E-state index contributed by atoms with van der Waals surface area (Å²) in [6.45, 7) is 0. The van der Waals surface area contributed by atoms with Crippen LogP contribution in [-0.4, -0.2) is 9.97 Å². The summed E-state index contributed by atoms with van der Waals surface area (Å²) in [7, 11) is 0. The van der Waals surface area contributed by atoms with E-state index in [-0.39, 0.29) is 12.4 Å². The molecule has 64 valence electrons. The molecule has 0 aliphatic rings. The van der Waals surface area contributed by atoms with Crippen LogP contribution in [-0.2, 0) is 5.88 Å². The minimum atomic E-state index is 0. The lowest BCUT2D eigenvalue weighted by Crippen LogP contribution is -1.79. The molecule has 1 aromatic carbocycles. The van der Waals surface area contributed by atoms with Crippen LogP contribution in [0.3, 0.4) is 0 Å². The van der Waals surface area contributed by atoms with Gasteiger partial charge in [0.05, 0.1) is 17.4 Å². The van der Waals surface area contributed by atoms with E-state index in [0.29, 0.717) is 5.88 Å². The van der Waals surface area contributed by atoms with Gasteiger partial charge in [0, 0.05) is 5.88 Å². The van der Waals surface area contributed by atoms with Crippen molar-refractivity contribution in [3.63, 3.8) is 0 Å². The Hall–Kier alpha value is -0.730. The van der Waals surface area contributed by atoms with Crippen LogP contribution in [0, 0.1) is 0 Å². The number of fused-ring (bicyclic) bond motifs is 1. The summed E-state index contributed by atoms with van der Waals surface area (Å²) in [5.74, 6) is 0.516. The van der Waals surface area contributed by atoms with Gasteiger partial charge in [0.1, 0.15) is 0 Å². The average molecular weight is 203 g/mol. The minimum absolute atomic E-state index is 0. The molecule has 0 amide bonds. The van der Waals surface area contributed by atoms with Crippen LogP contribution in [0.2, 0.25) is 0 Å². The molecule has 0 aliphatic carbocycles. The van der Waals surface area contributed by atoms with Crippen molar-refractivity contribution in [3.05, 3.63) is 30.1 Å². The highest BCUT2D eigenvalue weighted by molar-refractivity contribution is 6.17. The van der Waals surface area contributed by atoms with E-state index in [1.54, 1.807) is 6.33 Å². The van der Waals surface area contributed by atoms with Gasteiger partial charge < -0.3 is 4.98 Å². The molecule has 0 aliphatic heterocycles. The van der Waals surface area contributed by atoms with Gasteiger partial charge in [0.15, 0.2) is 0 Å². The molecule has 2 aromatic rings. The van der Waals surface area contributed by atoms with Crippen molar-refractivity contribution in [2.24, 2.45) is 0 Å². The maximum Gasteiger partial charge on any atom is 0.0932 e. The fourth-order valence-corrected chi connectivity index (χ4v) is 1.35. The van der Waals surface area contributed by atoms with Crippen molar-refractivity contribution in [2.45, 2.75) is 5.88 Å². The standard InChI is InChI=1S/C8H7ClN2.ClH/c9-4-6-2-1-3-7-8(6)11-5-10-7;/h1-3,5H,4H2,(H,10,11);1H. The van der Waals surface area contributed by atoms with Gasteiger partial charge in [-0.1, -0.05) is 12.1 Å². The quantitative estimate of drug-likeness (QED) is 0.709. The normalized spacial score (nSPS) is 9.75. The highest BCUT2D eigenvalue weighted by Crippen LogP contribution is 2.15. The van der Waals surface area contributed by atoms with Crippen LogP contribution in [0.5, 0.6) is 0 Å². The van der Waals surface area contributed by atoms with E-state index in [4.69, 9.17) is 11.6 Å². The van der Waals surface area contributed by atoms with Crippen LogP contribution >= 0.6 is 24.0 Å². The van der Waals surface area contributed by atoms with Crippen molar-refractivity contribution < 1.29 is 0 Å². The zero-order valence-electron chi connectivity index (χ0n) is 6.25. The Morgan fingerprint density at radius 1 is 1.42 bits per heavy atom. The zero-order valence-corrected chi connectivity index (χ0v) is 7.82. The van der Waals surface area contributed by atoms with E-state index in [1.165, 1.54) is 0 Å². The smallest absolute Gasteiger partial charge is 0.0932 e. The van der Waals surface area contributed by atoms with Crippen molar-refractivity contribution in [1.29, 1.82) is 0 Å². The first kappa shape index (κ1) is 9.36. The predicted molar refractivity (Wildman–Crippen MR) is 52.9 cm³/mol. The number of aromatic amines is 1. The number of hydrogen-bond acceptors (Lipinski definition) is 1. The second-order valence-corrected chi connectivity index (χ2v) is 2.62. The highest BCUT2D eigenvalue weighted by atomic mass is 35.5. The molecule has 0 bridgehead atoms. The summed E-state index contributed by atoms with van der Waals surface area (Å²) in [5.41, 5.74) is 3.09. The first-order valence-electron chi connectivity index (χ1n) is 3.39. The molecule has 2 rings (SSSR count). The number of nitrogens with one attached hydrogen (secondary N) is 1. The summed E-state index contributed by atoms with van der Waals surface area (Å²) in [4.78, 5) is 7.17. The largest absolute Gasteiger partial charge is 0.345 e. The van der Waals surface area contributed by atoms with Gasteiger partial charge in [-0.2, -0.15) is 0 Å². The summed E-state index contributed by atoms with van der Waals surface area (Å²) < 4.78 is 0.